The summed E-state index contributed by atoms with van der Waals surface area (Å²) in [5, 5.41) is 9.98. The predicted molar refractivity (Wildman–Crippen MR) is 74.6 cm³/mol. The van der Waals surface area contributed by atoms with Crippen LogP contribution in [0, 0.1) is 11.2 Å². The van der Waals surface area contributed by atoms with E-state index in [-0.39, 0.29) is 29.5 Å². The number of aromatic hydroxyl groups is 1. The zero-order chi connectivity index (χ0) is 14.8. The van der Waals surface area contributed by atoms with E-state index >= 15 is 0 Å². The molecule has 0 aliphatic heterocycles. The Morgan fingerprint density at radius 2 is 1.95 bits per heavy atom. The highest BCUT2D eigenvalue weighted by Crippen LogP contribution is 2.41. The highest BCUT2D eigenvalue weighted by atomic mass is 35.5. The minimum absolute atomic E-state index is 0. The van der Waals surface area contributed by atoms with Crippen molar-refractivity contribution in [1.82, 2.24) is 0 Å². The lowest BCUT2D eigenvalue weighted by Crippen LogP contribution is -2.37. The quantitative estimate of drug-likeness (QED) is 0.833. The van der Waals surface area contributed by atoms with Gasteiger partial charge in [0.2, 0.25) is 0 Å². The number of hydrogen-bond acceptors (Lipinski definition) is 5. The molecule has 20 heavy (non-hydrogen) atoms. The van der Waals surface area contributed by atoms with Crippen molar-refractivity contribution in [3.63, 3.8) is 0 Å². The Kier molecular flexibility index (Phi) is 6.25. The maximum atomic E-state index is 13.5. The number of phenolic OH excluding ortho intramolecular Hbond substituents is 1. The third-order valence-electron chi connectivity index (χ3n) is 3.11. The van der Waals surface area contributed by atoms with Crippen molar-refractivity contribution in [2.75, 3.05) is 14.2 Å². The van der Waals surface area contributed by atoms with E-state index in [2.05, 4.69) is 4.74 Å². The van der Waals surface area contributed by atoms with Crippen LogP contribution in [0.4, 0.5) is 4.39 Å². The summed E-state index contributed by atoms with van der Waals surface area (Å²) in [5.74, 6) is -1.48. The number of ether oxygens (including phenoxy) is 2. The summed E-state index contributed by atoms with van der Waals surface area (Å²) < 4.78 is 23.0. The van der Waals surface area contributed by atoms with Gasteiger partial charge < -0.3 is 20.3 Å². The van der Waals surface area contributed by atoms with Gasteiger partial charge in [0.05, 0.1) is 19.6 Å². The molecule has 0 radical (unpaired) electrons. The highest BCUT2D eigenvalue weighted by Gasteiger charge is 2.38. The summed E-state index contributed by atoms with van der Waals surface area (Å²) >= 11 is 0. The number of nitrogens with two attached hydrogens (primary N) is 1. The fraction of sp³-hybridized carbons (Fsp3) is 0.462. The molecule has 0 aliphatic rings. The van der Waals surface area contributed by atoms with Crippen LogP contribution < -0.4 is 10.5 Å². The van der Waals surface area contributed by atoms with Crippen molar-refractivity contribution in [2.45, 2.75) is 19.9 Å². The lowest BCUT2D eigenvalue weighted by Gasteiger charge is -2.29. The van der Waals surface area contributed by atoms with Crippen molar-refractivity contribution in [2.24, 2.45) is 11.1 Å². The maximum absolute atomic E-state index is 13.5. The van der Waals surface area contributed by atoms with E-state index in [4.69, 9.17) is 10.5 Å². The van der Waals surface area contributed by atoms with Gasteiger partial charge in [0, 0.05) is 17.7 Å². The predicted octanol–water partition coefficient (Wildman–Crippen LogP) is 2.16. The smallest absolute Gasteiger partial charge is 0.313 e. The lowest BCUT2D eigenvalue weighted by molar-refractivity contribution is -0.152. The summed E-state index contributed by atoms with van der Waals surface area (Å²) in [4.78, 5) is 11.7. The first kappa shape index (κ1) is 18.5. The molecule has 0 aromatic heterocycles. The van der Waals surface area contributed by atoms with Crippen molar-refractivity contribution in [3.05, 3.63) is 23.5 Å². The second-order valence-electron chi connectivity index (χ2n) is 4.74. The number of halogens is 2. The molecule has 1 aromatic carbocycles. The van der Waals surface area contributed by atoms with Gasteiger partial charge in [-0.25, -0.2) is 4.39 Å². The monoisotopic (exact) mass is 307 g/mol. The zero-order valence-corrected chi connectivity index (χ0v) is 12.6. The van der Waals surface area contributed by atoms with Gasteiger partial charge in [0.25, 0.3) is 0 Å². The average Bonchev–Trinajstić information content (AvgIpc) is 2.38. The third-order valence-corrected chi connectivity index (χ3v) is 3.11. The minimum atomic E-state index is -1.12. The summed E-state index contributed by atoms with van der Waals surface area (Å²) in [6, 6.07) is 1.17. The van der Waals surface area contributed by atoms with E-state index in [0.29, 0.717) is 0 Å². The first-order valence-electron chi connectivity index (χ1n) is 5.66. The van der Waals surface area contributed by atoms with Gasteiger partial charge in [-0.05, 0) is 19.9 Å². The number of hydrogen-bond donors (Lipinski definition) is 2. The molecule has 0 fully saturated rings. The lowest BCUT2D eigenvalue weighted by atomic mass is 9.80. The molecule has 1 rings (SSSR count). The van der Waals surface area contributed by atoms with Gasteiger partial charge in [0.1, 0.15) is 5.82 Å². The molecule has 0 aliphatic carbocycles. The molecule has 5 nitrogen and oxygen atoms in total. The van der Waals surface area contributed by atoms with Crippen LogP contribution >= 0.6 is 12.4 Å². The number of methoxy groups -OCH3 is 2. The number of carbonyl (C=O) groups is 1. The maximum Gasteiger partial charge on any atom is 0.313 e. The van der Waals surface area contributed by atoms with Crippen molar-refractivity contribution in [1.29, 1.82) is 0 Å². The number of phenols is 1. The Bertz CT molecular complexity index is 494. The Labute approximate surface area is 123 Å². The van der Waals surface area contributed by atoms with E-state index in [1.165, 1.54) is 14.2 Å². The van der Waals surface area contributed by atoms with Crippen LogP contribution in [0.1, 0.15) is 25.5 Å². The minimum Gasteiger partial charge on any atom is -0.504 e. The SMILES string of the molecule is COC(=O)C(C)(C)[C@@H](N)c1cc(F)cc(OC)c1O.Cl. The van der Waals surface area contributed by atoms with Crippen LogP contribution in [0.15, 0.2) is 12.1 Å². The molecule has 1 atom stereocenters. The molecule has 0 saturated heterocycles. The fourth-order valence-electron chi connectivity index (χ4n) is 1.77. The largest absolute Gasteiger partial charge is 0.504 e. The average molecular weight is 308 g/mol. The van der Waals surface area contributed by atoms with Crippen LogP contribution in [0.3, 0.4) is 0 Å². The molecule has 0 saturated carbocycles. The number of esters is 1. The Morgan fingerprint density at radius 3 is 2.40 bits per heavy atom. The van der Waals surface area contributed by atoms with Gasteiger partial charge >= 0.3 is 5.97 Å². The Morgan fingerprint density at radius 1 is 1.40 bits per heavy atom. The molecule has 0 amide bonds. The molecule has 7 heteroatoms. The zero-order valence-electron chi connectivity index (χ0n) is 11.8. The molecular weight excluding hydrogens is 289 g/mol. The molecule has 0 bridgehead atoms. The fourth-order valence-corrected chi connectivity index (χ4v) is 1.77. The molecular formula is C13H19ClFNO4. The standard InChI is InChI=1S/C13H18FNO4.ClH/c1-13(2,12(17)19-4)11(15)8-5-7(14)6-9(18-3)10(8)16;/h5-6,11,16H,15H2,1-4H3;1H/t11-;/m0./s1. The van der Waals surface area contributed by atoms with E-state index in [1.807, 2.05) is 0 Å². The van der Waals surface area contributed by atoms with Crippen LogP contribution in [-0.2, 0) is 9.53 Å². The number of benzene rings is 1. The second-order valence-corrected chi connectivity index (χ2v) is 4.74. The van der Waals surface area contributed by atoms with E-state index in [1.54, 1.807) is 13.8 Å². The second kappa shape index (κ2) is 6.76. The van der Waals surface area contributed by atoms with Crippen LogP contribution in [0.5, 0.6) is 11.5 Å². The number of carbonyl (C=O) groups excluding carboxylic acids is 1. The summed E-state index contributed by atoms with van der Waals surface area (Å²) in [5.41, 5.74) is 4.93. The van der Waals surface area contributed by atoms with Crippen LogP contribution in [0.2, 0.25) is 0 Å². The van der Waals surface area contributed by atoms with Gasteiger partial charge in [-0.2, -0.15) is 0 Å². The number of rotatable bonds is 4. The van der Waals surface area contributed by atoms with Crippen molar-refractivity contribution >= 4 is 18.4 Å². The highest BCUT2D eigenvalue weighted by molar-refractivity contribution is 5.85. The van der Waals surface area contributed by atoms with Crippen molar-refractivity contribution < 1.29 is 23.8 Å². The first-order chi connectivity index (χ1) is 8.75. The molecule has 0 spiro atoms. The normalized spacial score (nSPS) is 12.3. The Balaban J connectivity index is 0.00000361. The van der Waals surface area contributed by atoms with Crippen LogP contribution in [0.25, 0.3) is 0 Å². The molecule has 3 N–H and O–H groups in total. The topological polar surface area (TPSA) is 81.8 Å². The third kappa shape index (κ3) is 3.32. The van der Waals surface area contributed by atoms with Crippen molar-refractivity contribution in [3.8, 4) is 11.5 Å². The van der Waals surface area contributed by atoms with E-state index in [0.717, 1.165) is 12.1 Å². The summed E-state index contributed by atoms with van der Waals surface area (Å²) in [6.45, 7) is 3.11. The van der Waals surface area contributed by atoms with Gasteiger partial charge in [-0.3, -0.25) is 4.79 Å². The summed E-state index contributed by atoms with van der Waals surface area (Å²) in [6.07, 6.45) is 0. The molecule has 0 heterocycles. The molecule has 0 unspecified atom stereocenters. The first-order valence-corrected chi connectivity index (χ1v) is 5.66. The van der Waals surface area contributed by atoms with Gasteiger partial charge in [-0.1, -0.05) is 0 Å². The van der Waals surface area contributed by atoms with E-state index in [9.17, 15) is 14.3 Å². The van der Waals surface area contributed by atoms with Crippen LogP contribution in [-0.4, -0.2) is 25.3 Å². The summed E-state index contributed by atoms with van der Waals surface area (Å²) in [7, 11) is 2.54. The van der Waals surface area contributed by atoms with Gasteiger partial charge in [0.15, 0.2) is 11.5 Å². The van der Waals surface area contributed by atoms with E-state index < -0.39 is 23.2 Å². The van der Waals surface area contributed by atoms with Gasteiger partial charge in [-0.15, -0.1) is 12.4 Å². The molecule has 1 aromatic rings. The molecule has 114 valence electrons. The Hall–Kier alpha value is -1.53.